The van der Waals surface area contributed by atoms with Crippen LogP contribution in [0.1, 0.15) is 22.5 Å². The molecule has 0 bridgehead atoms. The summed E-state index contributed by atoms with van der Waals surface area (Å²) < 4.78 is 0. The van der Waals surface area contributed by atoms with Crippen molar-refractivity contribution in [2.24, 2.45) is 0 Å². The summed E-state index contributed by atoms with van der Waals surface area (Å²) in [5.41, 5.74) is 2.87. The summed E-state index contributed by atoms with van der Waals surface area (Å²) in [5.74, 6) is -0.0741. The molecule has 1 saturated heterocycles. The van der Waals surface area contributed by atoms with E-state index in [4.69, 9.17) is 0 Å². The summed E-state index contributed by atoms with van der Waals surface area (Å²) in [7, 11) is 0. The van der Waals surface area contributed by atoms with Crippen molar-refractivity contribution in [2.45, 2.75) is 19.0 Å². The number of benzene rings is 2. The number of rotatable bonds is 5. The third-order valence-electron chi connectivity index (χ3n) is 4.61. The van der Waals surface area contributed by atoms with Crippen LogP contribution in [0.15, 0.2) is 66.0 Å². The molecule has 1 N–H and O–H groups in total. The van der Waals surface area contributed by atoms with E-state index in [2.05, 4.69) is 39.5 Å². The number of thiazole rings is 1. The summed E-state index contributed by atoms with van der Waals surface area (Å²) in [4.78, 5) is 19.4. The Kier molecular flexibility index (Phi) is 5.09. The lowest BCUT2D eigenvalue weighted by Crippen LogP contribution is -2.37. The molecule has 2 heterocycles. The Balaban J connectivity index is 1.33. The fourth-order valence-electron chi connectivity index (χ4n) is 3.29. The molecule has 132 valence electrons. The lowest BCUT2D eigenvalue weighted by atomic mass is 10.2. The van der Waals surface area contributed by atoms with Crippen LogP contribution in [0.25, 0.3) is 10.6 Å². The van der Waals surface area contributed by atoms with Crippen molar-refractivity contribution in [3.05, 3.63) is 77.3 Å². The Bertz CT molecular complexity index is 863. The summed E-state index contributed by atoms with van der Waals surface area (Å²) in [5, 5.41) is 5.86. The normalized spacial score (nSPS) is 17.3. The molecule has 1 unspecified atom stereocenters. The van der Waals surface area contributed by atoms with Gasteiger partial charge in [0.05, 0.1) is 0 Å². The molecule has 1 fully saturated rings. The smallest absolute Gasteiger partial charge is 0.271 e. The second-order valence-electron chi connectivity index (χ2n) is 6.58. The van der Waals surface area contributed by atoms with E-state index in [9.17, 15) is 4.79 Å². The lowest BCUT2D eigenvalue weighted by Gasteiger charge is -2.16. The predicted molar refractivity (Wildman–Crippen MR) is 105 cm³/mol. The van der Waals surface area contributed by atoms with Crippen molar-refractivity contribution in [1.29, 1.82) is 0 Å². The molecule has 0 saturated carbocycles. The molecule has 4 rings (SSSR count). The molecule has 1 atom stereocenters. The molecule has 0 radical (unpaired) electrons. The zero-order valence-corrected chi connectivity index (χ0v) is 15.3. The Morgan fingerprint density at radius 1 is 1.12 bits per heavy atom. The number of carbonyl (C=O) groups excluding carboxylic acids is 1. The molecule has 0 aliphatic carbocycles. The van der Waals surface area contributed by atoms with Crippen molar-refractivity contribution in [2.75, 3.05) is 13.1 Å². The lowest BCUT2D eigenvalue weighted by molar-refractivity contribution is 0.0933. The number of likely N-dealkylation sites (tertiary alicyclic amines) is 1. The predicted octanol–water partition coefficient (Wildman–Crippen LogP) is 3.81. The average molecular weight is 363 g/mol. The monoisotopic (exact) mass is 363 g/mol. The van der Waals surface area contributed by atoms with Gasteiger partial charge in [0, 0.05) is 36.6 Å². The van der Waals surface area contributed by atoms with Gasteiger partial charge in [-0.15, -0.1) is 11.3 Å². The molecule has 1 aliphatic rings. The van der Waals surface area contributed by atoms with E-state index in [0.717, 1.165) is 36.6 Å². The van der Waals surface area contributed by atoms with Crippen LogP contribution in [0.4, 0.5) is 0 Å². The van der Waals surface area contributed by atoms with Crippen LogP contribution in [0, 0.1) is 0 Å². The summed E-state index contributed by atoms with van der Waals surface area (Å²) >= 11 is 1.51. The van der Waals surface area contributed by atoms with Gasteiger partial charge in [-0.25, -0.2) is 4.98 Å². The van der Waals surface area contributed by atoms with Gasteiger partial charge >= 0.3 is 0 Å². The maximum Gasteiger partial charge on any atom is 0.271 e. The molecule has 3 aromatic rings. The molecule has 2 aromatic carbocycles. The Hall–Kier alpha value is -2.50. The van der Waals surface area contributed by atoms with Crippen molar-refractivity contribution < 1.29 is 4.79 Å². The number of aromatic nitrogens is 1. The van der Waals surface area contributed by atoms with E-state index in [0.29, 0.717) is 5.69 Å². The fraction of sp³-hybridized carbons (Fsp3) is 0.238. The van der Waals surface area contributed by atoms with Gasteiger partial charge in [0.2, 0.25) is 0 Å². The molecule has 1 amide bonds. The van der Waals surface area contributed by atoms with Crippen LogP contribution in [0.5, 0.6) is 0 Å². The van der Waals surface area contributed by atoms with E-state index in [1.807, 2.05) is 41.8 Å². The fourth-order valence-corrected chi connectivity index (χ4v) is 4.09. The highest BCUT2D eigenvalue weighted by atomic mass is 32.1. The van der Waals surface area contributed by atoms with Crippen LogP contribution in [0.2, 0.25) is 0 Å². The second kappa shape index (κ2) is 7.81. The zero-order valence-electron chi connectivity index (χ0n) is 14.5. The molecular weight excluding hydrogens is 342 g/mol. The SMILES string of the molecule is O=C(NC1CCN(Cc2ccccc2)C1)c1csc(-c2ccccc2)n1. The van der Waals surface area contributed by atoms with Gasteiger partial charge in [0.15, 0.2) is 0 Å². The molecule has 5 heteroatoms. The average Bonchev–Trinajstić information content (AvgIpc) is 3.33. The number of nitrogens with zero attached hydrogens (tertiary/aromatic N) is 2. The molecule has 0 spiro atoms. The highest BCUT2D eigenvalue weighted by Gasteiger charge is 2.25. The molecular formula is C21H21N3OS. The van der Waals surface area contributed by atoms with Crippen LogP contribution in [0.3, 0.4) is 0 Å². The van der Waals surface area contributed by atoms with E-state index in [1.165, 1.54) is 16.9 Å². The summed E-state index contributed by atoms with van der Waals surface area (Å²) in [6.45, 7) is 2.82. The van der Waals surface area contributed by atoms with Gasteiger partial charge in [-0.05, 0) is 12.0 Å². The highest BCUT2D eigenvalue weighted by Crippen LogP contribution is 2.23. The van der Waals surface area contributed by atoms with E-state index >= 15 is 0 Å². The quantitative estimate of drug-likeness (QED) is 0.750. The Morgan fingerprint density at radius 3 is 2.62 bits per heavy atom. The second-order valence-corrected chi connectivity index (χ2v) is 7.44. The first-order valence-corrected chi connectivity index (χ1v) is 9.74. The van der Waals surface area contributed by atoms with Crippen LogP contribution in [-0.4, -0.2) is 34.9 Å². The number of carbonyl (C=O) groups is 1. The maximum atomic E-state index is 12.5. The molecule has 1 aliphatic heterocycles. The number of hydrogen-bond donors (Lipinski definition) is 1. The first-order chi connectivity index (χ1) is 12.8. The maximum absolute atomic E-state index is 12.5. The van der Waals surface area contributed by atoms with E-state index in [-0.39, 0.29) is 11.9 Å². The molecule has 4 nitrogen and oxygen atoms in total. The third kappa shape index (κ3) is 4.00. The summed E-state index contributed by atoms with van der Waals surface area (Å²) in [6.07, 6.45) is 0.980. The Labute approximate surface area is 157 Å². The van der Waals surface area contributed by atoms with Gasteiger partial charge in [-0.3, -0.25) is 9.69 Å². The third-order valence-corrected chi connectivity index (χ3v) is 5.51. The van der Waals surface area contributed by atoms with E-state index < -0.39 is 0 Å². The molecule has 1 aromatic heterocycles. The molecule has 26 heavy (non-hydrogen) atoms. The number of hydrogen-bond acceptors (Lipinski definition) is 4. The summed E-state index contributed by atoms with van der Waals surface area (Å²) in [6, 6.07) is 20.6. The first-order valence-electron chi connectivity index (χ1n) is 8.86. The minimum Gasteiger partial charge on any atom is -0.347 e. The van der Waals surface area contributed by atoms with Gasteiger partial charge in [0.1, 0.15) is 10.7 Å². The Morgan fingerprint density at radius 2 is 1.85 bits per heavy atom. The van der Waals surface area contributed by atoms with Crippen molar-refractivity contribution in [3.8, 4) is 10.6 Å². The largest absolute Gasteiger partial charge is 0.347 e. The topological polar surface area (TPSA) is 45.2 Å². The van der Waals surface area contributed by atoms with Crippen molar-refractivity contribution in [1.82, 2.24) is 15.2 Å². The van der Waals surface area contributed by atoms with Crippen molar-refractivity contribution in [3.63, 3.8) is 0 Å². The van der Waals surface area contributed by atoms with Gasteiger partial charge < -0.3 is 5.32 Å². The zero-order chi connectivity index (χ0) is 17.8. The van der Waals surface area contributed by atoms with E-state index in [1.54, 1.807) is 0 Å². The van der Waals surface area contributed by atoms with Gasteiger partial charge in [0.25, 0.3) is 5.91 Å². The minimum absolute atomic E-state index is 0.0741. The van der Waals surface area contributed by atoms with Crippen LogP contribution in [-0.2, 0) is 6.54 Å². The van der Waals surface area contributed by atoms with Crippen LogP contribution < -0.4 is 5.32 Å². The first kappa shape index (κ1) is 16.9. The van der Waals surface area contributed by atoms with Gasteiger partial charge in [-0.1, -0.05) is 60.7 Å². The van der Waals surface area contributed by atoms with Gasteiger partial charge in [-0.2, -0.15) is 0 Å². The standard InChI is InChI=1S/C21H21N3OS/c25-20(19-15-26-21(23-19)17-9-5-2-6-10-17)22-18-11-12-24(14-18)13-16-7-3-1-4-8-16/h1-10,15,18H,11-14H2,(H,22,25). The number of nitrogens with one attached hydrogen (secondary N) is 1. The number of amides is 1. The van der Waals surface area contributed by atoms with Crippen LogP contribution >= 0.6 is 11.3 Å². The van der Waals surface area contributed by atoms with Crippen molar-refractivity contribution >= 4 is 17.2 Å². The highest BCUT2D eigenvalue weighted by molar-refractivity contribution is 7.13. The minimum atomic E-state index is -0.0741.